The SMILES string of the molecule is Cc1ccc(CNc2cccc(N3CCCC3)c2)o1. The van der Waals surface area contributed by atoms with Crippen molar-refractivity contribution in [3.05, 3.63) is 47.9 Å². The lowest BCUT2D eigenvalue weighted by Gasteiger charge is -2.18. The Morgan fingerprint density at radius 2 is 2.00 bits per heavy atom. The molecule has 1 saturated heterocycles. The van der Waals surface area contributed by atoms with Crippen molar-refractivity contribution in [2.45, 2.75) is 26.3 Å². The summed E-state index contributed by atoms with van der Waals surface area (Å²) in [5.41, 5.74) is 2.47. The van der Waals surface area contributed by atoms with Crippen LogP contribution in [0.3, 0.4) is 0 Å². The van der Waals surface area contributed by atoms with Crippen molar-refractivity contribution in [1.29, 1.82) is 0 Å². The van der Waals surface area contributed by atoms with Gasteiger partial charge < -0.3 is 14.6 Å². The first kappa shape index (κ1) is 12.2. The van der Waals surface area contributed by atoms with Gasteiger partial charge in [0.2, 0.25) is 0 Å². The lowest BCUT2D eigenvalue weighted by molar-refractivity contribution is 0.490. The smallest absolute Gasteiger partial charge is 0.123 e. The summed E-state index contributed by atoms with van der Waals surface area (Å²) in [4.78, 5) is 2.45. The van der Waals surface area contributed by atoms with Gasteiger partial charge in [-0.05, 0) is 50.1 Å². The Hall–Kier alpha value is -1.90. The molecule has 0 saturated carbocycles. The molecule has 2 heterocycles. The monoisotopic (exact) mass is 256 g/mol. The van der Waals surface area contributed by atoms with E-state index >= 15 is 0 Å². The van der Waals surface area contributed by atoms with Crippen molar-refractivity contribution in [2.24, 2.45) is 0 Å². The maximum atomic E-state index is 5.56. The Bertz CT molecular complexity index is 541. The van der Waals surface area contributed by atoms with Gasteiger partial charge in [0.1, 0.15) is 11.5 Å². The normalized spacial score (nSPS) is 14.9. The maximum absolute atomic E-state index is 5.56. The summed E-state index contributed by atoms with van der Waals surface area (Å²) in [6.45, 7) is 5.07. The molecule has 1 N–H and O–H groups in total. The highest BCUT2D eigenvalue weighted by Crippen LogP contribution is 2.23. The predicted octanol–water partition coefficient (Wildman–Crippen LogP) is 3.80. The Morgan fingerprint density at radius 1 is 1.16 bits per heavy atom. The molecule has 2 aromatic rings. The zero-order valence-corrected chi connectivity index (χ0v) is 11.4. The molecule has 3 heteroatoms. The van der Waals surface area contributed by atoms with Crippen molar-refractivity contribution in [2.75, 3.05) is 23.3 Å². The van der Waals surface area contributed by atoms with E-state index in [2.05, 4.69) is 34.5 Å². The predicted molar refractivity (Wildman–Crippen MR) is 78.7 cm³/mol. The Kier molecular flexibility index (Phi) is 3.45. The van der Waals surface area contributed by atoms with Gasteiger partial charge in [0.05, 0.1) is 6.54 Å². The summed E-state index contributed by atoms with van der Waals surface area (Å²) in [6, 6.07) is 12.7. The first-order valence-corrected chi connectivity index (χ1v) is 6.95. The van der Waals surface area contributed by atoms with Crippen LogP contribution in [0, 0.1) is 6.92 Å². The maximum Gasteiger partial charge on any atom is 0.123 e. The highest BCUT2D eigenvalue weighted by molar-refractivity contribution is 5.58. The van der Waals surface area contributed by atoms with Gasteiger partial charge in [-0.15, -0.1) is 0 Å². The highest BCUT2D eigenvalue weighted by atomic mass is 16.3. The van der Waals surface area contributed by atoms with Gasteiger partial charge in [-0.3, -0.25) is 0 Å². The van der Waals surface area contributed by atoms with Crippen LogP contribution >= 0.6 is 0 Å². The zero-order valence-electron chi connectivity index (χ0n) is 11.4. The molecule has 0 bridgehead atoms. The van der Waals surface area contributed by atoms with Crippen molar-refractivity contribution >= 4 is 11.4 Å². The standard InChI is InChI=1S/C16H20N2O/c1-13-7-8-16(19-13)12-17-14-5-4-6-15(11-14)18-9-2-3-10-18/h4-8,11,17H,2-3,9-10,12H2,1H3. The van der Waals surface area contributed by atoms with Gasteiger partial charge in [0.15, 0.2) is 0 Å². The van der Waals surface area contributed by atoms with E-state index in [4.69, 9.17) is 4.42 Å². The molecule has 1 aromatic carbocycles. The van der Waals surface area contributed by atoms with Gasteiger partial charge in [-0.2, -0.15) is 0 Å². The van der Waals surface area contributed by atoms with Crippen LogP contribution in [-0.2, 0) is 6.54 Å². The molecule has 0 radical (unpaired) electrons. The summed E-state index contributed by atoms with van der Waals surface area (Å²) < 4.78 is 5.56. The van der Waals surface area contributed by atoms with Gasteiger partial charge in [-0.1, -0.05) is 6.07 Å². The molecular formula is C16H20N2O. The Balaban J connectivity index is 1.65. The van der Waals surface area contributed by atoms with Crippen LogP contribution in [0.25, 0.3) is 0 Å². The Morgan fingerprint density at radius 3 is 2.74 bits per heavy atom. The van der Waals surface area contributed by atoms with Crippen LogP contribution in [-0.4, -0.2) is 13.1 Å². The lowest BCUT2D eigenvalue weighted by Crippen LogP contribution is -2.17. The van der Waals surface area contributed by atoms with E-state index in [0.717, 1.165) is 23.8 Å². The average molecular weight is 256 g/mol. The summed E-state index contributed by atoms with van der Waals surface area (Å²) in [7, 11) is 0. The number of benzene rings is 1. The van der Waals surface area contributed by atoms with E-state index in [-0.39, 0.29) is 0 Å². The third-order valence-electron chi connectivity index (χ3n) is 3.58. The molecule has 1 fully saturated rings. The first-order chi connectivity index (χ1) is 9.31. The van der Waals surface area contributed by atoms with Crippen molar-refractivity contribution < 1.29 is 4.42 Å². The van der Waals surface area contributed by atoms with E-state index in [1.807, 2.05) is 19.1 Å². The van der Waals surface area contributed by atoms with Crippen LogP contribution in [0.1, 0.15) is 24.4 Å². The fourth-order valence-electron chi connectivity index (χ4n) is 2.56. The minimum absolute atomic E-state index is 0.733. The number of furan rings is 1. The second kappa shape index (κ2) is 5.39. The van der Waals surface area contributed by atoms with E-state index in [1.165, 1.54) is 31.6 Å². The van der Waals surface area contributed by atoms with Crippen LogP contribution in [0.15, 0.2) is 40.8 Å². The number of nitrogens with one attached hydrogen (secondary N) is 1. The fraction of sp³-hybridized carbons (Fsp3) is 0.375. The largest absolute Gasteiger partial charge is 0.465 e. The number of hydrogen-bond acceptors (Lipinski definition) is 3. The minimum atomic E-state index is 0.733. The molecule has 0 unspecified atom stereocenters. The zero-order chi connectivity index (χ0) is 13.1. The number of aryl methyl sites for hydroxylation is 1. The van der Waals surface area contributed by atoms with Crippen molar-refractivity contribution in [3.63, 3.8) is 0 Å². The number of nitrogens with zero attached hydrogens (tertiary/aromatic N) is 1. The van der Waals surface area contributed by atoms with Gasteiger partial charge in [0.25, 0.3) is 0 Å². The second-order valence-electron chi connectivity index (χ2n) is 5.11. The molecule has 3 nitrogen and oxygen atoms in total. The minimum Gasteiger partial charge on any atom is -0.465 e. The van der Waals surface area contributed by atoms with E-state index in [0.29, 0.717) is 0 Å². The first-order valence-electron chi connectivity index (χ1n) is 6.95. The van der Waals surface area contributed by atoms with Crippen LogP contribution in [0.5, 0.6) is 0 Å². The summed E-state index contributed by atoms with van der Waals surface area (Å²) in [6.07, 6.45) is 2.62. The summed E-state index contributed by atoms with van der Waals surface area (Å²) in [5.74, 6) is 1.94. The summed E-state index contributed by atoms with van der Waals surface area (Å²) >= 11 is 0. The fourth-order valence-corrected chi connectivity index (χ4v) is 2.56. The van der Waals surface area contributed by atoms with E-state index in [9.17, 15) is 0 Å². The number of anilines is 2. The molecule has 1 aromatic heterocycles. The van der Waals surface area contributed by atoms with Crippen LogP contribution in [0.4, 0.5) is 11.4 Å². The van der Waals surface area contributed by atoms with Gasteiger partial charge >= 0.3 is 0 Å². The third-order valence-corrected chi connectivity index (χ3v) is 3.58. The summed E-state index contributed by atoms with van der Waals surface area (Å²) in [5, 5.41) is 3.42. The molecule has 0 spiro atoms. The Labute approximate surface area is 114 Å². The second-order valence-corrected chi connectivity index (χ2v) is 5.11. The van der Waals surface area contributed by atoms with Crippen LogP contribution < -0.4 is 10.2 Å². The topological polar surface area (TPSA) is 28.4 Å². The molecule has 19 heavy (non-hydrogen) atoms. The molecule has 0 amide bonds. The molecule has 0 atom stereocenters. The highest BCUT2D eigenvalue weighted by Gasteiger charge is 2.12. The van der Waals surface area contributed by atoms with Gasteiger partial charge in [0, 0.05) is 24.5 Å². The molecular weight excluding hydrogens is 236 g/mol. The lowest BCUT2D eigenvalue weighted by atomic mass is 10.2. The molecule has 3 rings (SSSR count). The van der Waals surface area contributed by atoms with E-state index in [1.54, 1.807) is 0 Å². The van der Waals surface area contributed by atoms with Gasteiger partial charge in [-0.25, -0.2) is 0 Å². The molecule has 100 valence electrons. The number of hydrogen-bond donors (Lipinski definition) is 1. The third kappa shape index (κ3) is 2.92. The van der Waals surface area contributed by atoms with Crippen molar-refractivity contribution in [3.8, 4) is 0 Å². The molecule has 1 aliphatic rings. The van der Waals surface area contributed by atoms with E-state index < -0.39 is 0 Å². The van der Waals surface area contributed by atoms with Crippen molar-refractivity contribution in [1.82, 2.24) is 0 Å². The quantitative estimate of drug-likeness (QED) is 0.902. The van der Waals surface area contributed by atoms with Crippen LogP contribution in [0.2, 0.25) is 0 Å². The number of rotatable bonds is 4. The molecule has 1 aliphatic heterocycles. The average Bonchev–Trinajstić information content (AvgIpc) is 3.08. The molecule has 0 aliphatic carbocycles.